The van der Waals surface area contributed by atoms with E-state index in [2.05, 4.69) is 52.3 Å². The summed E-state index contributed by atoms with van der Waals surface area (Å²) in [6.07, 6.45) is 10.8. The summed E-state index contributed by atoms with van der Waals surface area (Å²) < 4.78 is 13.6. The molecule has 1 aromatic carbocycles. The van der Waals surface area contributed by atoms with Crippen LogP contribution in [0.5, 0.6) is 5.88 Å². The molecule has 0 unspecified atom stereocenters. The number of fused-ring (bicyclic) bond motifs is 2. The first kappa shape index (κ1) is 23.4. The summed E-state index contributed by atoms with van der Waals surface area (Å²) in [5.74, 6) is 2.54. The molecule has 0 amide bonds. The maximum absolute atomic E-state index is 5.80. The summed E-state index contributed by atoms with van der Waals surface area (Å²) in [7, 11) is 6.01. The third-order valence-electron chi connectivity index (χ3n) is 8.06. The van der Waals surface area contributed by atoms with Gasteiger partial charge in [-0.05, 0) is 44.7 Å². The Morgan fingerprint density at radius 2 is 1.68 bits per heavy atom. The molecule has 2 aliphatic rings. The Bertz CT molecular complexity index is 1930. The van der Waals surface area contributed by atoms with Gasteiger partial charge in [-0.15, -0.1) is 5.10 Å². The molecule has 40 heavy (non-hydrogen) atoms. The van der Waals surface area contributed by atoms with Gasteiger partial charge in [-0.3, -0.25) is 9.36 Å². The summed E-state index contributed by atoms with van der Waals surface area (Å²) in [4.78, 5) is 10.4. The zero-order valence-electron chi connectivity index (χ0n) is 23.2. The van der Waals surface area contributed by atoms with Crippen LogP contribution in [0.1, 0.15) is 55.8 Å². The third-order valence-corrected chi connectivity index (χ3v) is 8.06. The van der Waals surface area contributed by atoms with E-state index in [1.165, 1.54) is 31.4 Å². The molecule has 0 saturated heterocycles. The highest BCUT2D eigenvalue weighted by molar-refractivity contribution is 5.95. The van der Waals surface area contributed by atoms with Crippen LogP contribution in [0.15, 0.2) is 42.9 Å². The van der Waals surface area contributed by atoms with E-state index in [0.29, 0.717) is 24.3 Å². The second-order valence-electron chi connectivity index (χ2n) is 11.2. The van der Waals surface area contributed by atoms with Gasteiger partial charge in [0.05, 0.1) is 29.7 Å². The van der Waals surface area contributed by atoms with Gasteiger partial charge in [0.2, 0.25) is 0 Å². The molecule has 0 N–H and O–H groups in total. The molecular weight excluding hydrogens is 502 g/mol. The van der Waals surface area contributed by atoms with E-state index in [-0.39, 0.29) is 0 Å². The van der Waals surface area contributed by atoms with Crippen molar-refractivity contribution >= 4 is 21.9 Å². The zero-order chi connectivity index (χ0) is 27.1. The summed E-state index contributed by atoms with van der Waals surface area (Å²) in [6.45, 7) is 2.50. The lowest BCUT2D eigenvalue weighted by Crippen LogP contribution is -2.01. The first-order chi connectivity index (χ1) is 19.5. The topological polar surface area (TPSA) is 93.4 Å². The van der Waals surface area contributed by atoms with Crippen molar-refractivity contribution < 1.29 is 4.74 Å². The number of aromatic nitrogens is 9. The normalized spacial score (nSPS) is 15.5. The van der Waals surface area contributed by atoms with Crippen molar-refractivity contribution in [2.24, 2.45) is 21.1 Å². The standard InChI is InChI=1S/C30H31N9O/c1-5-40-30-24(16-37(3)35-30)39-15-22-20(7-6-8-23(22)33-39)26-27(18-11-12-18)38(4)29(32-26)21-13-19-14-36(2)34-28(19)31-25(21)17-9-10-17/h6-8,13-18H,5,9-12H2,1-4H3. The Morgan fingerprint density at radius 3 is 2.45 bits per heavy atom. The number of hydrogen-bond donors (Lipinski definition) is 0. The van der Waals surface area contributed by atoms with Crippen LogP contribution in [-0.2, 0) is 21.1 Å². The number of rotatable bonds is 7. The van der Waals surface area contributed by atoms with Gasteiger partial charge in [0.25, 0.3) is 5.88 Å². The fourth-order valence-electron chi connectivity index (χ4n) is 5.93. The molecule has 0 spiro atoms. The minimum atomic E-state index is 0.478. The maximum Gasteiger partial charge on any atom is 0.259 e. The van der Waals surface area contributed by atoms with Crippen molar-refractivity contribution in [3.05, 3.63) is 54.2 Å². The highest BCUT2D eigenvalue weighted by Crippen LogP contribution is 2.49. The molecule has 5 heterocycles. The Kier molecular flexibility index (Phi) is 4.98. The van der Waals surface area contributed by atoms with E-state index in [9.17, 15) is 0 Å². The van der Waals surface area contributed by atoms with E-state index in [0.717, 1.165) is 56.0 Å². The van der Waals surface area contributed by atoms with Gasteiger partial charge in [-0.25, -0.2) is 14.6 Å². The minimum Gasteiger partial charge on any atom is -0.475 e. The fourth-order valence-corrected chi connectivity index (χ4v) is 5.93. The molecule has 2 fully saturated rings. The molecule has 0 radical (unpaired) electrons. The quantitative estimate of drug-likeness (QED) is 0.278. The van der Waals surface area contributed by atoms with Gasteiger partial charge < -0.3 is 9.30 Å². The molecule has 0 atom stereocenters. The van der Waals surface area contributed by atoms with Gasteiger partial charge in [0.1, 0.15) is 11.5 Å². The molecule has 202 valence electrons. The van der Waals surface area contributed by atoms with Crippen LogP contribution in [0.2, 0.25) is 0 Å². The summed E-state index contributed by atoms with van der Waals surface area (Å²) in [6, 6.07) is 8.54. The second-order valence-corrected chi connectivity index (χ2v) is 11.2. The SMILES string of the molecule is CCOc1nn(C)cc1-n1cc2c(-c3nc(-c4cc5cn(C)nc5nc4C4CC4)n(C)c3C3CC3)cccc2n1. The molecule has 2 saturated carbocycles. The first-order valence-corrected chi connectivity index (χ1v) is 14.0. The van der Waals surface area contributed by atoms with Crippen LogP contribution in [-0.4, -0.2) is 50.5 Å². The average molecular weight is 534 g/mol. The van der Waals surface area contributed by atoms with Gasteiger partial charge >= 0.3 is 0 Å². The molecular formula is C30H31N9O. The number of nitrogens with zero attached hydrogens (tertiary/aromatic N) is 9. The van der Waals surface area contributed by atoms with Gasteiger partial charge in [-0.1, -0.05) is 12.1 Å². The number of hydrogen-bond acceptors (Lipinski definition) is 6. The lowest BCUT2D eigenvalue weighted by molar-refractivity contribution is 0.321. The lowest BCUT2D eigenvalue weighted by atomic mass is 10.0. The Morgan fingerprint density at radius 1 is 0.875 bits per heavy atom. The van der Waals surface area contributed by atoms with Crippen molar-refractivity contribution in [1.82, 2.24) is 43.9 Å². The maximum atomic E-state index is 5.80. The molecule has 10 heteroatoms. The molecule has 2 aliphatic carbocycles. The zero-order valence-corrected chi connectivity index (χ0v) is 23.2. The van der Waals surface area contributed by atoms with Crippen molar-refractivity contribution in [2.75, 3.05) is 6.61 Å². The van der Waals surface area contributed by atoms with Crippen LogP contribution in [0.4, 0.5) is 0 Å². The predicted molar refractivity (Wildman–Crippen MR) is 153 cm³/mol. The van der Waals surface area contributed by atoms with Crippen LogP contribution in [0, 0.1) is 0 Å². The van der Waals surface area contributed by atoms with Crippen molar-refractivity contribution in [3.8, 4) is 34.2 Å². The summed E-state index contributed by atoms with van der Waals surface area (Å²) in [5, 5.41) is 16.1. The van der Waals surface area contributed by atoms with E-state index in [1.807, 2.05) is 42.8 Å². The smallest absolute Gasteiger partial charge is 0.259 e. The highest BCUT2D eigenvalue weighted by Gasteiger charge is 2.35. The van der Waals surface area contributed by atoms with Crippen LogP contribution in [0.25, 0.3) is 50.3 Å². The predicted octanol–water partition coefficient (Wildman–Crippen LogP) is 5.26. The summed E-state index contributed by atoms with van der Waals surface area (Å²) in [5.41, 5.74) is 8.21. The Balaban J connectivity index is 1.32. The lowest BCUT2D eigenvalue weighted by Gasteiger charge is -2.10. The highest BCUT2D eigenvalue weighted by atomic mass is 16.5. The number of ether oxygens (including phenoxy) is 1. The van der Waals surface area contributed by atoms with Crippen molar-refractivity contribution in [3.63, 3.8) is 0 Å². The number of pyridine rings is 1. The number of benzene rings is 1. The van der Waals surface area contributed by atoms with E-state index in [1.54, 1.807) is 4.68 Å². The van der Waals surface area contributed by atoms with E-state index < -0.39 is 0 Å². The van der Waals surface area contributed by atoms with Gasteiger partial charge in [0, 0.05) is 73.0 Å². The largest absolute Gasteiger partial charge is 0.475 e. The molecule has 8 rings (SSSR count). The number of aryl methyl sites for hydroxylation is 2. The molecule has 10 nitrogen and oxygen atoms in total. The number of imidazole rings is 1. The average Bonchev–Trinajstić information content (AvgIpc) is 3.81. The molecule has 6 aromatic rings. The van der Waals surface area contributed by atoms with Gasteiger partial charge in [0.15, 0.2) is 5.65 Å². The van der Waals surface area contributed by atoms with Crippen molar-refractivity contribution in [2.45, 2.75) is 44.4 Å². The second kappa shape index (κ2) is 8.51. The van der Waals surface area contributed by atoms with Crippen LogP contribution < -0.4 is 4.74 Å². The van der Waals surface area contributed by atoms with Crippen LogP contribution in [0.3, 0.4) is 0 Å². The van der Waals surface area contributed by atoms with Gasteiger partial charge in [-0.2, -0.15) is 10.2 Å². The minimum absolute atomic E-state index is 0.478. The molecule has 0 aliphatic heterocycles. The Hall–Kier alpha value is -4.47. The Labute approximate surface area is 231 Å². The third kappa shape index (κ3) is 3.65. The van der Waals surface area contributed by atoms with Crippen LogP contribution >= 0.6 is 0 Å². The fraction of sp³-hybridized carbons (Fsp3) is 0.367. The van der Waals surface area contributed by atoms with E-state index in [4.69, 9.17) is 19.8 Å². The van der Waals surface area contributed by atoms with E-state index >= 15 is 0 Å². The summed E-state index contributed by atoms with van der Waals surface area (Å²) >= 11 is 0. The monoisotopic (exact) mass is 533 g/mol. The molecule has 5 aromatic heterocycles. The van der Waals surface area contributed by atoms with Crippen molar-refractivity contribution in [1.29, 1.82) is 0 Å². The molecule has 0 bridgehead atoms. The first-order valence-electron chi connectivity index (χ1n) is 14.0.